The van der Waals surface area contributed by atoms with Gasteiger partial charge in [-0.3, -0.25) is 4.98 Å². The number of hydrogen-bond acceptors (Lipinski definition) is 3. The molecule has 0 radical (unpaired) electrons. The van der Waals surface area contributed by atoms with Gasteiger partial charge in [-0.15, -0.1) is 0 Å². The van der Waals surface area contributed by atoms with E-state index in [-0.39, 0.29) is 17.4 Å². The molecule has 0 aliphatic carbocycles. The standard InChI is InChI=1S/C14H21FN2O/c1-10(2)11-8-12(15)13(16-9-11)14(18)4-6-17(3)7-5-14/h8-10,18H,4-7H2,1-3H3. The maximum absolute atomic E-state index is 14.1. The molecule has 2 heterocycles. The minimum atomic E-state index is -1.11. The van der Waals surface area contributed by atoms with Gasteiger partial charge in [0.25, 0.3) is 0 Å². The van der Waals surface area contributed by atoms with E-state index < -0.39 is 5.60 Å². The van der Waals surface area contributed by atoms with E-state index in [1.807, 2.05) is 20.9 Å². The third kappa shape index (κ3) is 2.54. The molecule has 1 fully saturated rings. The lowest BCUT2D eigenvalue weighted by molar-refractivity contribution is -0.0268. The van der Waals surface area contributed by atoms with Crippen LogP contribution >= 0.6 is 0 Å². The van der Waals surface area contributed by atoms with Crippen LogP contribution in [0.1, 0.15) is 43.9 Å². The van der Waals surface area contributed by atoms with Crippen LogP contribution in [0.15, 0.2) is 12.3 Å². The fraction of sp³-hybridized carbons (Fsp3) is 0.643. The van der Waals surface area contributed by atoms with Crippen LogP contribution in [0, 0.1) is 5.82 Å². The van der Waals surface area contributed by atoms with Gasteiger partial charge in [-0.05, 0) is 37.4 Å². The van der Waals surface area contributed by atoms with Crippen molar-refractivity contribution >= 4 is 0 Å². The molecule has 100 valence electrons. The van der Waals surface area contributed by atoms with Gasteiger partial charge in [0, 0.05) is 19.3 Å². The number of nitrogens with zero attached hydrogens (tertiary/aromatic N) is 2. The van der Waals surface area contributed by atoms with Crippen molar-refractivity contribution in [2.24, 2.45) is 0 Å². The molecule has 2 rings (SSSR count). The van der Waals surface area contributed by atoms with Gasteiger partial charge >= 0.3 is 0 Å². The van der Waals surface area contributed by atoms with E-state index in [1.165, 1.54) is 6.07 Å². The van der Waals surface area contributed by atoms with Crippen LogP contribution in [0.4, 0.5) is 4.39 Å². The summed E-state index contributed by atoms with van der Waals surface area (Å²) in [4.78, 5) is 6.31. The normalized spacial score (nSPS) is 20.3. The molecule has 1 saturated heterocycles. The lowest BCUT2D eigenvalue weighted by Gasteiger charge is -2.36. The van der Waals surface area contributed by atoms with Crippen molar-refractivity contribution in [3.63, 3.8) is 0 Å². The molecule has 1 N–H and O–H groups in total. The van der Waals surface area contributed by atoms with Crippen LogP contribution in [0.25, 0.3) is 0 Å². The van der Waals surface area contributed by atoms with Crippen LogP contribution in [-0.2, 0) is 5.60 Å². The summed E-state index contributed by atoms with van der Waals surface area (Å²) in [6.45, 7) is 5.54. The van der Waals surface area contributed by atoms with Crippen molar-refractivity contribution in [3.8, 4) is 0 Å². The zero-order valence-electron chi connectivity index (χ0n) is 11.3. The third-order valence-corrected chi connectivity index (χ3v) is 3.78. The highest BCUT2D eigenvalue weighted by Crippen LogP contribution is 2.33. The van der Waals surface area contributed by atoms with Crippen molar-refractivity contribution in [2.45, 2.75) is 38.2 Å². The van der Waals surface area contributed by atoms with Crippen LogP contribution in [0.3, 0.4) is 0 Å². The molecule has 18 heavy (non-hydrogen) atoms. The van der Waals surface area contributed by atoms with E-state index in [0.29, 0.717) is 12.8 Å². The van der Waals surface area contributed by atoms with Gasteiger partial charge in [0.15, 0.2) is 0 Å². The van der Waals surface area contributed by atoms with Crippen molar-refractivity contribution in [3.05, 3.63) is 29.3 Å². The number of rotatable bonds is 2. The number of hydrogen-bond donors (Lipinski definition) is 1. The summed E-state index contributed by atoms with van der Waals surface area (Å²) in [7, 11) is 2.01. The highest BCUT2D eigenvalue weighted by atomic mass is 19.1. The average molecular weight is 252 g/mol. The zero-order chi connectivity index (χ0) is 13.3. The fourth-order valence-electron chi connectivity index (χ4n) is 2.34. The number of likely N-dealkylation sites (tertiary alicyclic amines) is 1. The van der Waals surface area contributed by atoms with E-state index in [1.54, 1.807) is 6.20 Å². The number of aromatic nitrogens is 1. The van der Waals surface area contributed by atoms with Crippen molar-refractivity contribution in [1.29, 1.82) is 0 Å². The molecule has 0 bridgehead atoms. The van der Waals surface area contributed by atoms with Crippen molar-refractivity contribution in [1.82, 2.24) is 9.88 Å². The molecular formula is C14H21FN2O. The summed E-state index contributed by atoms with van der Waals surface area (Å²) in [6, 6.07) is 1.50. The van der Waals surface area contributed by atoms with E-state index in [0.717, 1.165) is 18.7 Å². The minimum absolute atomic E-state index is 0.208. The lowest BCUT2D eigenvalue weighted by Crippen LogP contribution is -2.41. The molecule has 1 aromatic heterocycles. The molecule has 3 nitrogen and oxygen atoms in total. The van der Waals surface area contributed by atoms with Crippen LogP contribution in [-0.4, -0.2) is 35.1 Å². The molecule has 0 atom stereocenters. The highest BCUT2D eigenvalue weighted by Gasteiger charge is 2.36. The monoisotopic (exact) mass is 252 g/mol. The smallest absolute Gasteiger partial charge is 0.147 e. The number of halogens is 1. The predicted molar refractivity (Wildman–Crippen MR) is 68.9 cm³/mol. The van der Waals surface area contributed by atoms with Crippen LogP contribution in [0.5, 0.6) is 0 Å². The molecule has 0 unspecified atom stereocenters. The van der Waals surface area contributed by atoms with Gasteiger partial charge in [-0.25, -0.2) is 4.39 Å². The highest BCUT2D eigenvalue weighted by molar-refractivity contribution is 5.23. The van der Waals surface area contributed by atoms with Crippen LogP contribution in [0.2, 0.25) is 0 Å². The topological polar surface area (TPSA) is 36.4 Å². The number of piperidine rings is 1. The SMILES string of the molecule is CC(C)c1cnc(C2(O)CCN(C)CC2)c(F)c1. The van der Waals surface area contributed by atoms with Gasteiger partial charge in [0.05, 0.1) is 0 Å². The van der Waals surface area contributed by atoms with E-state index in [4.69, 9.17) is 0 Å². The summed E-state index contributed by atoms with van der Waals surface area (Å²) in [5, 5.41) is 10.5. The van der Waals surface area contributed by atoms with Crippen LogP contribution < -0.4 is 0 Å². The second-order valence-corrected chi connectivity index (χ2v) is 5.59. The van der Waals surface area contributed by atoms with E-state index in [9.17, 15) is 9.50 Å². The Morgan fingerprint density at radius 2 is 2.00 bits per heavy atom. The van der Waals surface area contributed by atoms with Crippen molar-refractivity contribution in [2.75, 3.05) is 20.1 Å². The Hall–Kier alpha value is -1.00. The first-order chi connectivity index (χ1) is 8.42. The molecule has 4 heteroatoms. The van der Waals surface area contributed by atoms with E-state index >= 15 is 0 Å². The summed E-state index contributed by atoms with van der Waals surface area (Å²) < 4.78 is 14.1. The maximum Gasteiger partial charge on any atom is 0.147 e. The number of aliphatic hydroxyl groups is 1. The third-order valence-electron chi connectivity index (χ3n) is 3.78. The Morgan fingerprint density at radius 3 is 2.50 bits per heavy atom. The summed E-state index contributed by atoms with van der Waals surface area (Å²) in [5.74, 6) is -0.138. The molecule has 0 spiro atoms. The molecule has 1 aromatic rings. The molecule has 1 aliphatic rings. The van der Waals surface area contributed by atoms with Gasteiger partial charge < -0.3 is 10.0 Å². The minimum Gasteiger partial charge on any atom is -0.383 e. The molecular weight excluding hydrogens is 231 g/mol. The largest absolute Gasteiger partial charge is 0.383 e. The first-order valence-electron chi connectivity index (χ1n) is 6.49. The first kappa shape index (κ1) is 13.4. The second-order valence-electron chi connectivity index (χ2n) is 5.59. The van der Waals surface area contributed by atoms with Crippen molar-refractivity contribution < 1.29 is 9.50 Å². The lowest BCUT2D eigenvalue weighted by atomic mass is 9.87. The quantitative estimate of drug-likeness (QED) is 0.877. The molecule has 0 aromatic carbocycles. The van der Waals surface area contributed by atoms with E-state index in [2.05, 4.69) is 9.88 Å². The van der Waals surface area contributed by atoms with Gasteiger partial charge in [-0.1, -0.05) is 13.8 Å². The Morgan fingerprint density at radius 1 is 1.39 bits per heavy atom. The fourth-order valence-corrected chi connectivity index (χ4v) is 2.34. The molecule has 1 aliphatic heterocycles. The van der Waals surface area contributed by atoms with Gasteiger partial charge in [0.1, 0.15) is 17.1 Å². The Kier molecular flexibility index (Phi) is 3.69. The molecule has 0 saturated carbocycles. The predicted octanol–water partition coefficient (Wildman–Crippen LogP) is 2.26. The Balaban J connectivity index is 2.28. The van der Waals surface area contributed by atoms with Gasteiger partial charge in [0.2, 0.25) is 0 Å². The zero-order valence-corrected chi connectivity index (χ0v) is 11.3. The maximum atomic E-state index is 14.1. The van der Waals surface area contributed by atoms with Gasteiger partial charge in [-0.2, -0.15) is 0 Å². The summed E-state index contributed by atoms with van der Waals surface area (Å²) in [6.07, 6.45) is 2.75. The summed E-state index contributed by atoms with van der Waals surface area (Å²) in [5.41, 5.74) is -0.0284. The second kappa shape index (κ2) is 4.94. The Bertz CT molecular complexity index is 426. The number of pyridine rings is 1. The first-order valence-corrected chi connectivity index (χ1v) is 6.49. The molecule has 0 amide bonds. The Labute approximate surface area is 108 Å². The summed E-state index contributed by atoms with van der Waals surface area (Å²) >= 11 is 0. The average Bonchev–Trinajstić information content (AvgIpc) is 2.33.